The van der Waals surface area contributed by atoms with Gasteiger partial charge in [0.2, 0.25) is 0 Å². The molecule has 0 saturated carbocycles. The number of benzene rings is 1. The maximum atomic E-state index is 12.6. The number of ether oxygens (including phenoxy) is 2. The summed E-state index contributed by atoms with van der Waals surface area (Å²) in [6.07, 6.45) is 0.181. The van der Waals surface area contributed by atoms with E-state index in [0.717, 1.165) is 4.90 Å². The molecule has 1 saturated heterocycles. The number of hydrogen-bond acceptors (Lipinski definition) is 6. The van der Waals surface area contributed by atoms with E-state index >= 15 is 0 Å². The molecule has 0 aliphatic carbocycles. The van der Waals surface area contributed by atoms with E-state index in [0.29, 0.717) is 37.1 Å². The van der Waals surface area contributed by atoms with Gasteiger partial charge in [0.1, 0.15) is 17.7 Å². The Labute approximate surface area is 169 Å². The lowest BCUT2D eigenvalue weighted by Crippen LogP contribution is -2.47. The molecule has 0 radical (unpaired) electrons. The third-order valence-corrected chi connectivity index (χ3v) is 4.93. The summed E-state index contributed by atoms with van der Waals surface area (Å²) < 4.78 is 10.9. The minimum Gasteiger partial charge on any atom is -0.461 e. The summed E-state index contributed by atoms with van der Waals surface area (Å²) in [5, 5.41) is 0. The normalized spacial score (nSPS) is 18.5. The van der Waals surface area contributed by atoms with Crippen LogP contribution in [0.1, 0.15) is 61.3 Å². The van der Waals surface area contributed by atoms with Gasteiger partial charge in [0.25, 0.3) is 11.8 Å². The van der Waals surface area contributed by atoms with Gasteiger partial charge in [-0.2, -0.15) is 0 Å². The Morgan fingerprint density at radius 2 is 1.55 bits per heavy atom. The van der Waals surface area contributed by atoms with Crippen LogP contribution in [0.4, 0.5) is 4.79 Å². The van der Waals surface area contributed by atoms with Crippen molar-refractivity contribution in [2.24, 2.45) is 0 Å². The summed E-state index contributed by atoms with van der Waals surface area (Å²) in [4.78, 5) is 52.3. The SMILES string of the molecule is CC(C(=O)OC1CCN(C(=O)OC(C)(C)C)CC1)N1C(=O)c2ccccc2C1=O. The fourth-order valence-corrected chi connectivity index (χ4v) is 3.41. The van der Waals surface area contributed by atoms with Crippen LogP contribution in [-0.4, -0.2) is 64.5 Å². The molecule has 1 fully saturated rings. The number of carbonyl (C=O) groups excluding carboxylic acids is 4. The van der Waals surface area contributed by atoms with E-state index in [2.05, 4.69) is 0 Å². The Morgan fingerprint density at radius 3 is 2.03 bits per heavy atom. The number of hydrogen-bond donors (Lipinski definition) is 0. The second-order valence-corrected chi connectivity index (χ2v) is 8.31. The first-order valence-corrected chi connectivity index (χ1v) is 9.74. The van der Waals surface area contributed by atoms with Gasteiger partial charge in [-0.15, -0.1) is 0 Å². The third-order valence-electron chi connectivity index (χ3n) is 4.93. The van der Waals surface area contributed by atoms with Crippen LogP contribution >= 0.6 is 0 Å². The summed E-state index contributed by atoms with van der Waals surface area (Å²) in [6.45, 7) is 7.72. The van der Waals surface area contributed by atoms with E-state index in [9.17, 15) is 19.2 Å². The number of carbonyl (C=O) groups is 4. The molecule has 2 aliphatic rings. The first-order chi connectivity index (χ1) is 13.6. The highest BCUT2D eigenvalue weighted by Gasteiger charge is 2.42. The van der Waals surface area contributed by atoms with E-state index in [1.165, 1.54) is 6.92 Å². The number of piperidine rings is 1. The lowest BCUT2D eigenvalue weighted by molar-refractivity contribution is -0.155. The molecule has 0 bridgehead atoms. The molecule has 0 aromatic heterocycles. The smallest absolute Gasteiger partial charge is 0.410 e. The van der Waals surface area contributed by atoms with Crippen molar-refractivity contribution in [2.75, 3.05) is 13.1 Å². The molecule has 29 heavy (non-hydrogen) atoms. The van der Waals surface area contributed by atoms with Crippen LogP contribution in [0.5, 0.6) is 0 Å². The van der Waals surface area contributed by atoms with Crippen molar-refractivity contribution in [1.29, 1.82) is 0 Å². The van der Waals surface area contributed by atoms with E-state index in [1.807, 2.05) is 0 Å². The fourth-order valence-electron chi connectivity index (χ4n) is 3.41. The van der Waals surface area contributed by atoms with Crippen molar-refractivity contribution >= 4 is 23.9 Å². The maximum absolute atomic E-state index is 12.6. The summed E-state index contributed by atoms with van der Waals surface area (Å²) in [5.41, 5.74) is 0.0213. The molecule has 2 aliphatic heterocycles. The van der Waals surface area contributed by atoms with Crippen LogP contribution in [0.15, 0.2) is 24.3 Å². The second-order valence-electron chi connectivity index (χ2n) is 8.31. The number of esters is 1. The molecule has 1 aromatic carbocycles. The van der Waals surface area contributed by atoms with Gasteiger partial charge in [-0.25, -0.2) is 9.59 Å². The minimum absolute atomic E-state index is 0.294. The average molecular weight is 402 g/mol. The number of nitrogens with zero attached hydrogens (tertiary/aromatic N) is 2. The van der Waals surface area contributed by atoms with Crippen LogP contribution in [0.2, 0.25) is 0 Å². The minimum atomic E-state index is -1.02. The highest BCUT2D eigenvalue weighted by atomic mass is 16.6. The fraction of sp³-hybridized carbons (Fsp3) is 0.524. The van der Waals surface area contributed by atoms with Crippen LogP contribution in [0, 0.1) is 0 Å². The molecule has 156 valence electrons. The number of imide groups is 1. The van der Waals surface area contributed by atoms with Gasteiger partial charge >= 0.3 is 12.1 Å². The zero-order chi connectivity index (χ0) is 21.3. The van der Waals surface area contributed by atoms with Crippen LogP contribution < -0.4 is 0 Å². The molecule has 0 N–H and O–H groups in total. The number of amides is 3. The predicted molar refractivity (Wildman–Crippen MR) is 103 cm³/mol. The van der Waals surface area contributed by atoms with Gasteiger partial charge in [-0.3, -0.25) is 14.5 Å². The highest BCUT2D eigenvalue weighted by molar-refractivity contribution is 6.22. The summed E-state index contributed by atoms with van der Waals surface area (Å²) in [6, 6.07) is 5.47. The first-order valence-electron chi connectivity index (χ1n) is 9.74. The Morgan fingerprint density at radius 1 is 1.03 bits per heavy atom. The highest BCUT2D eigenvalue weighted by Crippen LogP contribution is 2.25. The molecule has 0 spiro atoms. The molecule has 1 atom stereocenters. The Bertz CT molecular complexity index is 801. The molecule has 8 nitrogen and oxygen atoms in total. The van der Waals surface area contributed by atoms with E-state index in [-0.39, 0.29) is 12.2 Å². The molecular weight excluding hydrogens is 376 g/mol. The monoisotopic (exact) mass is 402 g/mol. The van der Waals surface area contributed by atoms with Crippen molar-refractivity contribution in [2.45, 2.75) is 58.3 Å². The molecule has 3 rings (SSSR count). The third kappa shape index (κ3) is 4.41. The van der Waals surface area contributed by atoms with Gasteiger partial charge < -0.3 is 14.4 Å². The Hall–Kier alpha value is -2.90. The van der Waals surface area contributed by atoms with Crippen molar-refractivity contribution in [3.8, 4) is 0 Å². The number of likely N-dealkylation sites (tertiary alicyclic amines) is 1. The van der Waals surface area contributed by atoms with Crippen molar-refractivity contribution in [3.05, 3.63) is 35.4 Å². The van der Waals surface area contributed by atoms with Gasteiger partial charge in [-0.05, 0) is 39.8 Å². The Balaban J connectivity index is 1.55. The zero-order valence-electron chi connectivity index (χ0n) is 17.1. The standard InChI is InChI=1S/C21H26N2O6/c1-13(23-17(24)15-7-5-6-8-16(15)18(23)25)19(26)28-14-9-11-22(12-10-14)20(27)29-21(2,3)4/h5-8,13-14H,9-12H2,1-4H3. The molecule has 2 heterocycles. The van der Waals surface area contributed by atoms with Gasteiger partial charge in [0.15, 0.2) is 0 Å². The first kappa shape index (κ1) is 20.8. The van der Waals surface area contributed by atoms with Crippen LogP contribution in [0.25, 0.3) is 0 Å². The quantitative estimate of drug-likeness (QED) is 0.570. The summed E-state index contributed by atoms with van der Waals surface area (Å²) >= 11 is 0. The van der Waals surface area contributed by atoms with Crippen molar-refractivity contribution in [1.82, 2.24) is 9.80 Å². The lowest BCUT2D eigenvalue weighted by Gasteiger charge is -2.33. The maximum Gasteiger partial charge on any atom is 0.410 e. The average Bonchev–Trinajstić information content (AvgIpc) is 2.91. The van der Waals surface area contributed by atoms with E-state index < -0.39 is 29.4 Å². The lowest BCUT2D eigenvalue weighted by atomic mass is 10.1. The molecule has 1 aromatic rings. The summed E-state index contributed by atoms with van der Waals surface area (Å²) in [7, 11) is 0. The van der Waals surface area contributed by atoms with Crippen LogP contribution in [-0.2, 0) is 14.3 Å². The van der Waals surface area contributed by atoms with Gasteiger partial charge in [0.05, 0.1) is 11.1 Å². The molecule has 3 amide bonds. The molecule has 8 heteroatoms. The van der Waals surface area contributed by atoms with Crippen LogP contribution in [0.3, 0.4) is 0 Å². The number of fused-ring (bicyclic) bond motifs is 1. The van der Waals surface area contributed by atoms with Gasteiger partial charge in [0, 0.05) is 25.9 Å². The number of rotatable bonds is 3. The van der Waals surface area contributed by atoms with Crippen molar-refractivity contribution < 1.29 is 28.7 Å². The zero-order valence-corrected chi connectivity index (χ0v) is 17.1. The van der Waals surface area contributed by atoms with E-state index in [4.69, 9.17) is 9.47 Å². The second kappa shape index (κ2) is 7.85. The largest absolute Gasteiger partial charge is 0.461 e. The van der Waals surface area contributed by atoms with E-state index in [1.54, 1.807) is 49.9 Å². The van der Waals surface area contributed by atoms with Crippen molar-refractivity contribution in [3.63, 3.8) is 0 Å². The Kier molecular flexibility index (Phi) is 5.64. The molecular formula is C21H26N2O6. The predicted octanol–water partition coefficient (Wildman–Crippen LogP) is 2.61. The molecule has 1 unspecified atom stereocenters. The summed E-state index contributed by atoms with van der Waals surface area (Å²) in [5.74, 6) is -1.61. The van der Waals surface area contributed by atoms with Gasteiger partial charge in [-0.1, -0.05) is 12.1 Å². The topological polar surface area (TPSA) is 93.2 Å².